The Kier molecular flexibility index (Phi) is 6.51. The Bertz CT molecular complexity index is 448. The summed E-state index contributed by atoms with van der Waals surface area (Å²) in [4.78, 5) is 23.2. The zero-order chi connectivity index (χ0) is 14.3. The van der Waals surface area contributed by atoms with Gasteiger partial charge < -0.3 is 15.7 Å². The van der Waals surface area contributed by atoms with Gasteiger partial charge in [-0.15, -0.1) is 11.3 Å². The number of carbonyl (C=O) groups excluding carboxylic acids is 1. The van der Waals surface area contributed by atoms with E-state index in [1.807, 2.05) is 0 Å². The maximum Gasteiger partial charge on any atom is 0.331 e. The first-order chi connectivity index (χ1) is 9.04. The summed E-state index contributed by atoms with van der Waals surface area (Å²) in [6.07, 6.45) is 0. The SMILES string of the molecule is CCS(=O)CCNC(=O)NC(C(=O)O)c1cccs1. The van der Waals surface area contributed by atoms with Crippen molar-refractivity contribution < 1.29 is 18.9 Å². The van der Waals surface area contributed by atoms with Crippen molar-refractivity contribution in [2.75, 3.05) is 18.1 Å². The summed E-state index contributed by atoms with van der Waals surface area (Å²) in [6, 6.07) is 1.74. The van der Waals surface area contributed by atoms with Gasteiger partial charge in [0.1, 0.15) is 0 Å². The molecule has 2 atom stereocenters. The normalized spacial score (nSPS) is 13.5. The zero-order valence-corrected chi connectivity index (χ0v) is 12.1. The average molecular weight is 304 g/mol. The van der Waals surface area contributed by atoms with E-state index in [4.69, 9.17) is 5.11 Å². The largest absolute Gasteiger partial charge is 0.479 e. The van der Waals surface area contributed by atoms with Crippen LogP contribution in [0, 0.1) is 0 Å². The first-order valence-electron chi connectivity index (χ1n) is 5.70. The number of nitrogens with one attached hydrogen (secondary N) is 2. The lowest BCUT2D eigenvalue weighted by atomic mass is 10.2. The van der Waals surface area contributed by atoms with E-state index in [1.165, 1.54) is 11.3 Å². The summed E-state index contributed by atoms with van der Waals surface area (Å²) in [7, 11) is -0.951. The van der Waals surface area contributed by atoms with Crippen molar-refractivity contribution in [1.29, 1.82) is 0 Å². The summed E-state index contributed by atoms with van der Waals surface area (Å²) in [5.41, 5.74) is 0. The Morgan fingerprint density at radius 3 is 2.79 bits per heavy atom. The van der Waals surface area contributed by atoms with Gasteiger partial charge in [-0.05, 0) is 11.4 Å². The summed E-state index contributed by atoms with van der Waals surface area (Å²) in [5, 5.41) is 15.7. The lowest BCUT2D eigenvalue weighted by molar-refractivity contribution is -0.139. The number of hydrogen-bond acceptors (Lipinski definition) is 4. The molecule has 0 aliphatic rings. The minimum atomic E-state index is -1.12. The topological polar surface area (TPSA) is 95.5 Å². The fourth-order valence-corrected chi connectivity index (χ4v) is 2.70. The molecule has 2 amide bonds. The standard InChI is InChI=1S/C11H16N2O4S2/c1-2-19(17)7-5-12-11(16)13-9(10(14)15)8-4-3-6-18-8/h3-4,6,9H,2,5,7H2,1H3,(H,14,15)(H2,12,13,16). The van der Waals surface area contributed by atoms with E-state index < -0.39 is 28.8 Å². The van der Waals surface area contributed by atoms with Crippen molar-refractivity contribution in [3.63, 3.8) is 0 Å². The van der Waals surface area contributed by atoms with E-state index in [0.29, 0.717) is 16.4 Å². The third-order valence-corrected chi connectivity index (χ3v) is 4.53. The summed E-state index contributed by atoms with van der Waals surface area (Å²) >= 11 is 1.26. The summed E-state index contributed by atoms with van der Waals surface area (Å²) in [5.74, 6) is -0.216. The van der Waals surface area contributed by atoms with Crippen LogP contribution in [0.5, 0.6) is 0 Å². The Balaban J connectivity index is 2.45. The van der Waals surface area contributed by atoms with Gasteiger partial charge in [0.05, 0.1) is 0 Å². The molecule has 0 aliphatic heterocycles. The van der Waals surface area contributed by atoms with E-state index in [-0.39, 0.29) is 6.54 Å². The van der Waals surface area contributed by atoms with Crippen molar-refractivity contribution in [3.8, 4) is 0 Å². The number of carboxylic acids is 1. The Hall–Kier alpha value is -1.41. The summed E-state index contributed by atoms with van der Waals surface area (Å²) in [6.45, 7) is 2.05. The van der Waals surface area contributed by atoms with Crippen molar-refractivity contribution in [1.82, 2.24) is 10.6 Å². The maximum absolute atomic E-state index is 11.5. The Morgan fingerprint density at radius 1 is 1.53 bits per heavy atom. The van der Waals surface area contributed by atoms with Gasteiger partial charge in [-0.2, -0.15) is 0 Å². The molecule has 1 heterocycles. The lowest BCUT2D eigenvalue weighted by Gasteiger charge is -2.13. The Labute approximate surface area is 117 Å². The van der Waals surface area contributed by atoms with E-state index in [0.717, 1.165) is 0 Å². The van der Waals surface area contributed by atoms with Crippen molar-refractivity contribution in [3.05, 3.63) is 22.4 Å². The molecule has 106 valence electrons. The number of thiophene rings is 1. The first kappa shape index (κ1) is 15.6. The average Bonchev–Trinajstić information content (AvgIpc) is 2.88. The number of hydrogen-bond donors (Lipinski definition) is 3. The van der Waals surface area contributed by atoms with Gasteiger partial charge in [0.15, 0.2) is 6.04 Å². The molecule has 0 spiro atoms. The van der Waals surface area contributed by atoms with Gasteiger partial charge in [-0.25, -0.2) is 9.59 Å². The quantitative estimate of drug-likeness (QED) is 0.698. The molecular weight excluding hydrogens is 288 g/mol. The molecule has 3 N–H and O–H groups in total. The summed E-state index contributed by atoms with van der Waals surface area (Å²) < 4.78 is 11.2. The van der Waals surface area contributed by atoms with E-state index in [9.17, 15) is 13.8 Å². The molecule has 6 nitrogen and oxygen atoms in total. The monoisotopic (exact) mass is 304 g/mol. The highest BCUT2D eigenvalue weighted by molar-refractivity contribution is 7.84. The predicted molar refractivity (Wildman–Crippen MR) is 74.8 cm³/mol. The molecule has 1 aromatic heterocycles. The number of amides is 2. The molecule has 1 rings (SSSR count). The van der Waals surface area contributed by atoms with Gasteiger partial charge in [0.2, 0.25) is 0 Å². The van der Waals surface area contributed by atoms with Crippen LogP contribution >= 0.6 is 11.3 Å². The molecule has 0 fully saturated rings. The number of rotatable bonds is 7. The number of aliphatic carboxylic acids is 1. The van der Waals surface area contributed by atoms with Gasteiger partial charge in [-0.1, -0.05) is 13.0 Å². The minimum absolute atomic E-state index is 0.253. The Morgan fingerprint density at radius 2 is 2.26 bits per heavy atom. The highest BCUT2D eigenvalue weighted by Gasteiger charge is 2.22. The molecule has 0 radical (unpaired) electrons. The smallest absolute Gasteiger partial charge is 0.331 e. The first-order valence-corrected chi connectivity index (χ1v) is 8.07. The van der Waals surface area contributed by atoms with Crippen LogP contribution in [0.3, 0.4) is 0 Å². The second-order valence-corrected chi connectivity index (χ2v) is 6.46. The van der Waals surface area contributed by atoms with Crippen LogP contribution in [-0.4, -0.2) is 39.4 Å². The van der Waals surface area contributed by atoms with Gasteiger partial charge in [0.25, 0.3) is 0 Å². The van der Waals surface area contributed by atoms with Crippen LogP contribution in [0.25, 0.3) is 0 Å². The second kappa shape index (κ2) is 7.90. The minimum Gasteiger partial charge on any atom is -0.479 e. The molecule has 19 heavy (non-hydrogen) atoms. The van der Waals surface area contributed by atoms with Crippen LogP contribution < -0.4 is 10.6 Å². The molecule has 0 bridgehead atoms. The van der Waals surface area contributed by atoms with Crippen molar-refractivity contribution in [2.24, 2.45) is 0 Å². The molecule has 1 aromatic rings. The van der Waals surface area contributed by atoms with E-state index in [2.05, 4.69) is 10.6 Å². The second-order valence-electron chi connectivity index (χ2n) is 3.62. The van der Waals surface area contributed by atoms with Crippen LogP contribution in [0.1, 0.15) is 17.8 Å². The van der Waals surface area contributed by atoms with E-state index in [1.54, 1.807) is 24.4 Å². The zero-order valence-electron chi connectivity index (χ0n) is 10.4. The van der Waals surface area contributed by atoms with Gasteiger partial charge in [0, 0.05) is 33.7 Å². The van der Waals surface area contributed by atoms with Crippen LogP contribution in [0.2, 0.25) is 0 Å². The number of carboxylic acid groups (broad SMARTS) is 1. The maximum atomic E-state index is 11.5. The molecule has 0 aliphatic carbocycles. The van der Waals surface area contributed by atoms with Crippen LogP contribution in [0.4, 0.5) is 4.79 Å². The molecule has 0 saturated carbocycles. The number of urea groups is 1. The highest BCUT2D eigenvalue weighted by Crippen LogP contribution is 2.18. The molecular formula is C11H16N2O4S2. The third kappa shape index (κ3) is 5.39. The van der Waals surface area contributed by atoms with Gasteiger partial charge in [-0.3, -0.25) is 4.21 Å². The van der Waals surface area contributed by atoms with Gasteiger partial charge >= 0.3 is 12.0 Å². The molecule has 8 heteroatoms. The fraction of sp³-hybridized carbons (Fsp3) is 0.455. The fourth-order valence-electron chi connectivity index (χ4n) is 1.31. The predicted octanol–water partition coefficient (Wildman–Crippen LogP) is 0.942. The van der Waals surface area contributed by atoms with E-state index >= 15 is 0 Å². The lowest BCUT2D eigenvalue weighted by Crippen LogP contribution is -2.41. The van der Waals surface area contributed by atoms with Crippen LogP contribution in [-0.2, 0) is 15.6 Å². The molecule has 2 unspecified atom stereocenters. The highest BCUT2D eigenvalue weighted by atomic mass is 32.2. The number of carbonyl (C=O) groups is 2. The van der Waals surface area contributed by atoms with Crippen LogP contribution in [0.15, 0.2) is 17.5 Å². The third-order valence-electron chi connectivity index (χ3n) is 2.29. The molecule has 0 aromatic carbocycles. The van der Waals surface area contributed by atoms with Crippen molar-refractivity contribution in [2.45, 2.75) is 13.0 Å². The molecule has 0 saturated heterocycles. The van der Waals surface area contributed by atoms with Crippen molar-refractivity contribution >= 4 is 34.1 Å².